The molecule has 4 unspecified atom stereocenters. The molecule has 0 heterocycles. The molecule has 3 aliphatic rings. The lowest BCUT2D eigenvalue weighted by Crippen LogP contribution is -2.44. The number of fused-ring (bicyclic) bond motifs is 1. The van der Waals surface area contributed by atoms with Gasteiger partial charge in [-0.3, -0.25) is 4.79 Å². The summed E-state index contributed by atoms with van der Waals surface area (Å²) >= 11 is 0. The minimum atomic E-state index is -0.754. The Morgan fingerprint density at radius 2 is 2.00 bits per heavy atom. The van der Waals surface area contributed by atoms with Crippen molar-refractivity contribution in [1.82, 2.24) is 0 Å². The maximum atomic E-state index is 10.6. The summed E-state index contributed by atoms with van der Waals surface area (Å²) in [6.07, 6.45) is 10.8. The van der Waals surface area contributed by atoms with E-state index in [1.54, 1.807) is 0 Å². The summed E-state index contributed by atoms with van der Waals surface area (Å²) in [4.78, 5) is 10.6. The van der Waals surface area contributed by atoms with E-state index in [0.29, 0.717) is 24.7 Å². The van der Waals surface area contributed by atoms with Crippen LogP contribution in [0.15, 0.2) is 11.6 Å². The summed E-state index contributed by atoms with van der Waals surface area (Å²) in [5.41, 5.74) is 0.738. The molecule has 0 spiro atoms. The molecule has 0 bridgehead atoms. The molecule has 0 saturated heterocycles. The Bertz CT molecular complexity index is 576. The summed E-state index contributed by atoms with van der Waals surface area (Å²) in [5.74, 6) is 6.60. The van der Waals surface area contributed by atoms with E-state index in [1.807, 2.05) is 0 Å². The van der Waals surface area contributed by atoms with E-state index >= 15 is 0 Å². The van der Waals surface area contributed by atoms with Crippen LogP contribution < -0.4 is 0 Å². The van der Waals surface area contributed by atoms with E-state index in [1.165, 1.54) is 12.0 Å². The Hall–Kier alpha value is -1.31. The molecule has 0 aliphatic heterocycles. The van der Waals surface area contributed by atoms with Crippen molar-refractivity contribution in [3.05, 3.63) is 11.6 Å². The van der Waals surface area contributed by atoms with Crippen molar-refractivity contribution in [3.8, 4) is 11.8 Å². The maximum absolute atomic E-state index is 10.6. The van der Waals surface area contributed by atoms with Gasteiger partial charge in [-0.25, -0.2) is 0 Å². The molecule has 3 saturated carbocycles. The molecule has 4 heteroatoms. The lowest BCUT2D eigenvalue weighted by atomic mass is 9.57. The van der Waals surface area contributed by atoms with Crippen LogP contribution in [0.25, 0.3) is 0 Å². The Balaban J connectivity index is 1.57. The molecular weight excluding hydrogens is 316 g/mol. The molecule has 0 radical (unpaired) electrons. The number of carboxylic acids is 1. The van der Waals surface area contributed by atoms with Crippen molar-refractivity contribution < 1.29 is 20.1 Å². The van der Waals surface area contributed by atoms with E-state index in [-0.39, 0.29) is 18.4 Å². The van der Waals surface area contributed by atoms with Crippen LogP contribution in [0.1, 0.15) is 70.6 Å². The Labute approximate surface area is 150 Å². The summed E-state index contributed by atoms with van der Waals surface area (Å²) in [6.45, 7) is 0. The third-order valence-corrected chi connectivity index (χ3v) is 6.35. The van der Waals surface area contributed by atoms with Crippen LogP contribution in [0.5, 0.6) is 0 Å². The Morgan fingerprint density at radius 3 is 2.72 bits per heavy atom. The highest BCUT2D eigenvalue weighted by Gasteiger charge is 2.46. The van der Waals surface area contributed by atoms with Crippen LogP contribution in [0.4, 0.5) is 0 Å². The number of hydrogen-bond donors (Lipinski definition) is 3. The molecule has 25 heavy (non-hydrogen) atoms. The molecule has 0 aromatic heterocycles. The third-order valence-electron chi connectivity index (χ3n) is 6.35. The van der Waals surface area contributed by atoms with Gasteiger partial charge in [0.15, 0.2) is 0 Å². The second-order valence-corrected chi connectivity index (χ2v) is 8.14. The topological polar surface area (TPSA) is 77.8 Å². The largest absolute Gasteiger partial charge is 0.481 e. The predicted octanol–water partition coefficient (Wildman–Crippen LogP) is 3.27. The number of aliphatic carboxylic acids is 1. The normalized spacial score (nSPS) is 35.2. The smallest absolute Gasteiger partial charge is 0.303 e. The number of carbonyl (C=O) groups is 1. The fourth-order valence-corrected chi connectivity index (χ4v) is 4.81. The van der Waals surface area contributed by atoms with Gasteiger partial charge in [-0.05, 0) is 50.4 Å². The first-order chi connectivity index (χ1) is 12.0. The highest BCUT2D eigenvalue weighted by atomic mass is 16.4. The fourth-order valence-electron chi connectivity index (χ4n) is 4.81. The van der Waals surface area contributed by atoms with Gasteiger partial charge < -0.3 is 15.3 Å². The molecule has 3 rings (SSSR count). The van der Waals surface area contributed by atoms with Gasteiger partial charge in [-0.1, -0.05) is 42.8 Å². The Morgan fingerprint density at radius 1 is 1.24 bits per heavy atom. The molecule has 138 valence electrons. The molecular formula is C21H30O4. The van der Waals surface area contributed by atoms with E-state index in [2.05, 4.69) is 17.9 Å². The predicted molar refractivity (Wildman–Crippen MR) is 95.7 cm³/mol. The number of aliphatic hydroxyl groups excluding tert-OH is 1. The molecule has 3 aliphatic carbocycles. The molecule has 4 nitrogen and oxygen atoms in total. The molecule has 0 aromatic carbocycles. The van der Waals surface area contributed by atoms with Crippen LogP contribution in [0.2, 0.25) is 0 Å². The zero-order chi connectivity index (χ0) is 17.9. The van der Waals surface area contributed by atoms with Crippen molar-refractivity contribution in [1.29, 1.82) is 0 Å². The van der Waals surface area contributed by atoms with Crippen LogP contribution in [-0.4, -0.2) is 33.0 Å². The first-order valence-electron chi connectivity index (χ1n) is 9.78. The van der Waals surface area contributed by atoms with Gasteiger partial charge in [0, 0.05) is 18.8 Å². The first-order valence-corrected chi connectivity index (χ1v) is 9.78. The van der Waals surface area contributed by atoms with Crippen molar-refractivity contribution in [2.24, 2.45) is 17.8 Å². The van der Waals surface area contributed by atoms with Crippen molar-refractivity contribution in [3.63, 3.8) is 0 Å². The van der Waals surface area contributed by atoms with E-state index < -0.39 is 11.6 Å². The summed E-state index contributed by atoms with van der Waals surface area (Å²) in [6, 6.07) is 0. The molecule has 0 aromatic rings. The highest BCUT2D eigenvalue weighted by molar-refractivity contribution is 5.66. The van der Waals surface area contributed by atoms with Gasteiger partial charge in [-0.2, -0.15) is 0 Å². The van der Waals surface area contributed by atoms with Gasteiger partial charge in [0.1, 0.15) is 0 Å². The molecule has 4 atom stereocenters. The van der Waals surface area contributed by atoms with Crippen LogP contribution in [0, 0.1) is 29.6 Å². The zero-order valence-electron chi connectivity index (χ0n) is 14.9. The monoisotopic (exact) mass is 346 g/mol. The van der Waals surface area contributed by atoms with Crippen LogP contribution >= 0.6 is 0 Å². The number of rotatable bonds is 4. The number of allylic oxidation sites excluding steroid dienone is 2. The van der Waals surface area contributed by atoms with Crippen LogP contribution in [0.3, 0.4) is 0 Å². The fraction of sp³-hybridized carbons (Fsp3) is 0.762. The van der Waals surface area contributed by atoms with Gasteiger partial charge in [0.05, 0.1) is 11.7 Å². The summed E-state index contributed by atoms with van der Waals surface area (Å²) < 4.78 is 0. The quantitative estimate of drug-likeness (QED) is 0.539. The van der Waals surface area contributed by atoms with Crippen LogP contribution in [-0.2, 0) is 4.79 Å². The number of aliphatic hydroxyl groups is 2. The second-order valence-electron chi connectivity index (χ2n) is 8.14. The van der Waals surface area contributed by atoms with Crippen molar-refractivity contribution in [2.45, 2.75) is 82.3 Å². The Kier molecular flexibility index (Phi) is 5.86. The van der Waals surface area contributed by atoms with E-state index in [9.17, 15) is 15.0 Å². The number of hydrogen-bond acceptors (Lipinski definition) is 3. The average Bonchev–Trinajstić information content (AvgIpc) is 2.54. The summed E-state index contributed by atoms with van der Waals surface area (Å²) in [5, 5.41) is 29.7. The second kappa shape index (κ2) is 7.93. The molecule has 3 N–H and O–H groups in total. The molecule has 0 amide bonds. The van der Waals surface area contributed by atoms with Gasteiger partial charge in [0.25, 0.3) is 0 Å². The standard InChI is InChI=1S/C21H30O4/c22-19-10-9-16-15(6-4-8-20(23)24)14-18(16)17(19)7-5-13-21(25)11-2-1-3-12-21/h6,16-19,22,25H,1-4,8-14H2,(H,23,24)/b15-6-. The van der Waals surface area contributed by atoms with E-state index in [4.69, 9.17) is 5.11 Å². The number of carboxylic acid groups (broad SMARTS) is 1. The maximum Gasteiger partial charge on any atom is 0.303 e. The van der Waals surface area contributed by atoms with Gasteiger partial charge in [0.2, 0.25) is 0 Å². The van der Waals surface area contributed by atoms with Gasteiger partial charge >= 0.3 is 5.97 Å². The van der Waals surface area contributed by atoms with Crippen molar-refractivity contribution in [2.75, 3.05) is 0 Å². The average molecular weight is 346 g/mol. The SMILES string of the molecule is O=C(O)CC/C=C1/CC2C1CCC(O)C2C#CCC1(O)CCCCC1. The minimum absolute atomic E-state index is 0.00237. The third kappa shape index (κ3) is 4.46. The zero-order valence-corrected chi connectivity index (χ0v) is 14.9. The minimum Gasteiger partial charge on any atom is -0.481 e. The molecule has 3 fully saturated rings. The highest BCUT2D eigenvalue weighted by Crippen LogP contribution is 2.51. The van der Waals surface area contributed by atoms with Crippen molar-refractivity contribution >= 4 is 5.97 Å². The lowest BCUT2D eigenvalue weighted by molar-refractivity contribution is -0.136. The van der Waals surface area contributed by atoms with Gasteiger partial charge in [-0.15, -0.1) is 0 Å². The first kappa shape index (κ1) is 18.5. The van der Waals surface area contributed by atoms with E-state index in [0.717, 1.165) is 44.9 Å². The summed E-state index contributed by atoms with van der Waals surface area (Å²) in [7, 11) is 0. The lowest BCUT2D eigenvalue weighted by Gasteiger charge is -2.48.